The summed E-state index contributed by atoms with van der Waals surface area (Å²) in [4.78, 5) is 12.7. The van der Waals surface area contributed by atoms with Crippen LogP contribution in [0, 0.1) is 0 Å². The van der Waals surface area contributed by atoms with Gasteiger partial charge in [0, 0.05) is 24.2 Å². The van der Waals surface area contributed by atoms with Gasteiger partial charge >= 0.3 is 0 Å². The molecule has 0 spiro atoms. The van der Waals surface area contributed by atoms with Crippen LogP contribution in [0.2, 0.25) is 0 Å². The molecule has 8 heteroatoms. The smallest absolute Gasteiger partial charge is 0.251 e. The molecule has 0 heterocycles. The second-order valence-electron chi connectivity index (χ2n) is 11.2. The lowest BCUT2D eigenvalue weighted by Crippen LogP contribution is -2.26. The number of amides is 1. The quantitative estimate of drug-likeness (QED) is 0.0533. The Morgan fingerprint density at radius 2 is 1.68 bits per heavy atom. The molecular formula is C39H46N4O4. The predicted octanol–water partition coefficient (Wildman–Crippen LogP) is 6.70. The minimum absolute atomic E-state index is 0.0734. The first-order chi connectivity index (χ1) is 22.9. The van der Waals surface area contributed by atoms with Crippen LogP contribution < -0.4 is 26.0 Å². The highest BCUT2D eigenvalue weighted by molar-refractivity contribution is 5.94. The molecule has 0 bridgehead atoms. The monoisotopic (exact) mass is 634 g/mol. The van der Waals surface area contributed by atoms with Crippen LogP contribution in [0.15, 0.2) is 110 Å². The summed E-state index contributed by atoms with van der Waals surface area (Å²) in [6, 6.07) is 29.3. The third kappa shape index (κ3) is 10.0. The molecule has 0 aliphatic carbocycles. The summed E-state index contributed by atoms with van der Waals surface area (Å²) in [5.74, 6) is 0.770. The van der Waals surface area contributed by atoms with Crippen molar-refractivity contribution in [1.29, 1.82) is 0 Å². The number of ether oxygens (including phenoxy) is 1. The third-order valence-corrected chi connectivity index (χ3v) is 7.83. The third-order valence-electron chi connectivity index (χ3n) is 7.83. The Bertz CT molecular complexity index is 1610. The largest absolute Gasteiger partial charge is 0.506 e. The lowest BCUT2D eigenvalue weighted by atomic mass is 9.99. The second-order valence-corrected chi connectivity index (χ2v) is 11.2. The Kier molecular flexibility index (Phi) is 13.6. The van der Waals surface area contributed by atoms with Crippen LogP contribution in [0.3, 0.4) is 0 Å². The normalized spacial score (nSPS) is 12.4. The highest BCUT2D eigenvalue weighted by Gasteiger charge is 2.17. The van der Waals surface area contributed by atoms with E-state index in [-0.39, 0.29) is 17.7 Å². The Balaban J connectivity index is 1.17. The van der Waals surface area contributed by atoms with Crippen molar-refractivity contribution in [2.45, 2.75) is 38.5 Å². The summed E-state index contributed by atoms with van der Waals surface area (Å²) < 4.78 is 6.08. The van der Waals surface area contributed by atoms with Gasteiger partial charge in [-0.2, -0.15) is 0 Å². The number of rotatable bonds is 18. The predicted molar refractivity (Wildman–Crippen MR) is 191 cm³/mol. The van der Waals surface area contributed by atoms with Gasteiger partial charge in [0.05, 0.1) is 17.8 Å². The van der Waals surface area contributed by atoms with E-state index < -0.39 is 6.10 Å². The molecule has 0 saturated heterocycles. The first-order valence-corrected chi connectivity index (χ1v) is 16.0. The second kappa shape index (κ2) is 18.3. The zero-order valence-electron chi connectivity index (χ0n) is 27.2. The summed E-state index contributed by atoms with van der Waals surface area (Å²) in [6.07, 6.45) is 6.09. The number of carbonyl (C=O) groups excluding carboxylic acids is 1. The number of anilines is 1. The van der Waals surface area contributed by atoms with Crippen molar-refractivity contribution < 1.29 is 19.7 Å². The number of benzene rings is 4. The van der Waals surface area contributed by atoms with Crippen molar-refractivity contribution in [1.82, 2.24) is 16.0 Å². The SMILES string of the molecule is C=CNc1c(O)ccc(C(O)CNCCCCNC(=O)c2ccc(COc3cccc(C(NC)c4ccccc4)c3)cc2)c1/C=C\C. The number of aliphatic hydroxyl groups excluding tert-OH is 1. The number of hydrogen-bond acceptors (Lipinski definition) is 7. The molecule has 0 aliphatic heterocycles. The number of nitrogens with one attached hydrogen (secondary N) is 4. The van der Waals surface area contributed by atoms with Crippen LogP contribution >= 0.6 is 0 Å². The molecule has 0 aromatic heterocycles. The maximum absolute atomic E-state index is 12.7. The van der Waals surface area contributed by atoms with Crippen molar-refractivity contribution in [3.05, 3.63) is 143 Å². The topological polar surface area (TPSA) is 115 Å². The summed E-state index contributed by atoms with van der Waals surface area (Å²) in [5, 5.41) is 33.6. The Morgan fingerprint density at radius 1 is 0.936 bits per heavy atom. The zero-order chi connectivity index (χ0) is 33.4. The van der Waals surface area contributed by atoms with Crippen LogP contribution in [0.5, 0.6) is 11.5 Å². The van der Waals surface area contributed by atoms with E-state index in [0.29, 0.717) is 43.1 Å². The number of allylic oxidation sites excluding steroid dienone is 1. The van der Waals surface area contributed by atoms with Crippen molar-refractivity contribution in [2.24, 2.45) is 0 Å². The molecule has 2 unspecified atom stereocenters. The number of carbonyl (C=O) groups is 1. The Morgan fingerprint density at radius 3 is 2.40 bits per heavy atom. The molecule has 8 nitrogen and oxygen atoms in total. The molecule has 0 aliphatic rings. The molecule has 6 N–H and O–H groups in total. The number of phenols is 1. The first kappa shape index (κ1) is 35.0. The van der Waals surface area contributed by atoms with Gasteiger partial charge in [-0.1, -0.05) is 79.4 Å². The van der Waals surface area contributed by atoms with Gasteiger partial charge in [-0.3, -0.25) is 4.79 Å². The van der Waals surface area contributed by atoms with E-state index in [1.807, 2.05) is 80.7 Å². The van der Waals surface area contributed by atoms with Gasteiger partial charge in [0.2, 0.25) is 0 Å². The van der Waals surface area contributed by atoms with E-state index in [2.05, 4.69) is 52.1 Å². The standard InChI is InChI=1S/C39H46N4O4/c1-4-12-34-33(21-22-35(44)38(34)42-5-2)36(45)26-41-23-9-10-24-43-39(46)30-19-17-28(18-20-30)27-47-32-16-11-15-31(25-32)37(40-3)29-13-7-6-8-14-29/h4-8,11-22,25,36-37,40-42,44-45H,2,9-10,23-24,26-27H2,1,3H3,(H,43,46)/b12-4-. The average Bonchev–Trinajstić information content (AvgIpc) is 3.09. The Labute approximate surface area is 278 Å². The number of phenolic OH excluding ortho intramolecular Hbond substituents is 1. The number of aromatic hydroxyl groups is 1. The summed E-state index contributed by atoms with van der Waals surface area (Å²) in [6.45, 7) is 7.57. The fourth-order valence-corrected chi connectivity index (χ4v) is 5.42. The van der Waals surface area contributed by atoms with E-state index in [0.717, 1.165) is 35.3 Å². The van der Waals surface area contributed by atoms with Gasteiger partial charge in [-0.15, -0.1) is 0 Å². The van der Waals surface area contributed by atoms with Crippen molar-refractivity contribution in [2.75, 3.05) is 32.0 Å². The molecule has 4 rings (SSSR count). The average molecular weight is 635 g/mol. The fraction of sp³-hybridized carbons (Fsp3) is 0.256. The van der Waals surface area contributed by atoms with E-state index >= 15 is 0 Å². The van der Waals surface area contributed by atoms with Gasteiger partial charge < -0.3 is 36.2 Å². The maximum Gasteiger partial charge on any atom is 0.251 e. The summed E-state index contributed by atoms with van der Waals surface area (Å²) in [5.41, 5.74) is 5.84. The van der Waals surface area contributed by atoms with Crippen LogP contribution in [0.4, 0.5) is 5.69 Å². The van der Waals surface area contributed by atoms with E-state index in [4.69, 9.17) is 4.74 Å². The maximum atomic E-state index is 12.7. The molecule has 4 aromatic rings. The van der Waals surface area contributed by atoms with Crippen molar-refractivity contribution >= 4 is 17.7 Å². The molecular weight excluding hydrogens is 588 g/mol. The van der Waals surface area contributed by atoms with Crippen LogP contribution in [0.1, 0.15) is 70.1 Å². The lowest BCUT2D eigenvalue weighted by Gasteiger charge is -2.18. The molecule has 0 saturated carbocycles. The van der Waals surface area contributed by atoms with Gasteiger partial charge in [-0.25, -0.2) is 0 Å². The van der Waals surface area contributed by atoms with Crippen molar-refractivity contribution in [3.8, 4) is 11.5 Å². The van der Waals surface area contributed by atoms with E-state index in [1.165, 1.54) is 11.8 Å². The number of hydrogen-bond donors (Lipinski definition) is 6. The highest BCUT2D eigenvalue weighted by Crippen LogP contribution is 2.34. The van der Waals surface area contributed by atoms with E-state index in [1.54, 1.807) is 12.1 Å². The zero-order valence-corrected chi connectivity index (χ0v) is 27.2. The number of aliphatic hydroxyl groups is 1. The van der Waals surface area contributed by atoms with Crippen LogP contribution in [-0.2, 0) is 6.61 Å². The molecule has 2 atom stereocenters. The lowest BCUT2D eigenvalue weighted by molar-refractivity contribution is 0.0953. The number of unbranched alkanes of at least 4 members (excludes halogenated alkanes) is 1. The highest BCUT2D eigenvalue weighted by atomic mass is 16.5. The van der Waals surface area contributed by atoms with Gasteiger partial charge in [0.15, 0.2) is 0 Å². The molecule has 47 heavy (non-hydrogen) atoms. The Hall–Kier alpha value is -4.89. The molecule has 4 aromatic carbocycles. The summed E-state index contributed by atoms with van der Waals surface area (Å²) >= 11 is 0. The fourth-order valence-electron chi connectivity index (χ4n) is 5.42. The molecule has 246 valence electrons. The van der Waals surface area contributed by atoms with Gasteiger partial charge in [0.1, 0.15) is 18.1 Å². The summed E-state index contributed by atoms with van der Waals surface area (Å²) in [7, 11) is 1.95. The van der Waals surface area contributed by atoms with Crippen LogP contribution in [-0.4, -0.2) is 42.8 Å². The first-order valence-electron chi connectivity index (χ1n) is 16.0. The molecule has 1 amide bonds. The van der Waals surface area contributed by atoms with Crippen molar-refractivity contribution in [3.63, 3.8) is 0 Å². The van der Waals surface area contributed by atoms with Gasteiger partial charge in [0.25, 0.3) is 5.91 Å². The van der Waals surface area contributed by atoms with Gasteiger partial charge in [-0.05, 0) is 92.1 Å². The van der Waals surface area contributed by atoms with E-state index in [9.17, 15) is 15.0 Å². The molecule has 0 radical (unpaired) electrons. The minimum atomic E-state index is -0.754. The molecule has 0 fully saturated rings. The minimum Gasteiger partial charge on any atom is -0.506 e. The van der Waals surface area contributed by atoms with Crippen LogP contribution in [0.25, 0.3) is 6.08 Å².